The molecule has 3 unspecified atom stereocenters. The Hall–Kier alpha value is -0.460. The Morgan fingerprint density at radius 3 is 2.23 bits per heavy atom. The summed E-state index contributed by atoms with van der Waals surface area (Å²) in [4.78, 5) is 22.6. The standard InChI is InChI=1S/C11H13ClF6NO5PS/c1-3-4-22-25(26,23-7-5-9(13,14)10(7,12)15)24-19(6(2)20)8(21)11(16,17)18/h7H,3-5H2,1-2H3. The third-order valence-electron chi connectivity index (χ3n) is 2.94. The molecule has 1 aliphatic rings. The molecule has 1 rings (SSSR count). The minimum absolute atomic E-state index is 0.223. The number of alkyl halides is 7. The number of halogens is 7. The lowest BCUT2D eigenvalue weighted by Crippen LogP contribution is -2.62. The molecular weight excluding hydrogens is 439 g/mol. The summed E-state index contributed by atoms with van der Waals surface area (Å²) >= 11 is 9.75. The van der Waals surface area contributed by atoms with E-state index in [1.807, 2.05) is 0 Å². The highest BCUT2D eigenvalue weighted by Gasteiger charge is 2.71. The van der Waals surface area contributed by atoms with E-state index in [-0.39, 0.29) is 13.0 Å². The summed E-state index contributed by atoms with van der Waals surface area (Å²) < 4.78 is 91.7. The minimum Gasteiger partial charge on any atom is -0.307 e. The van der Waals surface area contributed by atoms with Crippen LogP contribution in [0.4, 0.5) is 26.3 Å². The van der Waals surface area contributed by atoms with Crippen molar-refractivity contribution in [3.05, 3.63) is 0 Å². The molecule has 0 bridgehead atoms. The Bertz CT molecular complexity index is 618. The van der Waals surface area contributed by atoms with E-state index in [9.17, 15) is 35.9 Å². The molecular formula is C11H13ClF6NO5PS. The number of hydrogen-bond donors (Lipinski definition) is 0. The van der Waals surface area contributed by atoms with Crippen LogP contribution >= 0.6 is 18.3 Å². The lowest BCUT2D eigenvalue weighted by atomic mass is 9.88. The van der Waals surface area contributed by atoms with E-state index in [0.717, 1.165) is 0 Å². The third kappa shape index (κ3) is 5.08. The van der Waals surface area contributed by atoms with Crippen LogP contribution in [0.3, 0.4) is 0 Å². The molecule has 1 saturated carbocycles. The van der Waals surface area contributed by atoms with Crippen LogP contribution in [0, 0.1) is 0 Å². The first-order valence-electron chi connectivity index (χ1n) is 6.87. The zero-order chi connectivity index (χ0) is 20.6. The van der Waals surface area contributed by atoms with Crippen molar-refractivity contribution in [2.45, 2.75) is 50.0 Å². The monoisotopic (exact) mass is 451 g/mol. The van der Waals surface area contributed by atoms with Gasteiger partial charge in [-0.3, -0.25) is 14.1 Å². The maximum atomic E-state index is 13.8. The molecule has 3 atom stereocenters. The minimum atomic E-state index is -5.52. The van der Waals surface area contributed by atoms with Crippen LogP contribution in [0.25, 0.3) is 0 Å². The quantitative estimate of drug-likeness (QED) is 0.254. The van der Waals surface area contributed by atoms with Crippen LogP contribution in [-0.4, -0.2) is 46.8 Å². The van der Waals surface area contributed by atoms with Gasteiger partial charge in [0.1, 0.15) is 6.10 Å². The second-order valence-electron chi connectivity index (χ2n) is 5.10. The number of rotatable bonds is 7. The zero-order valence-corrected chi connectivity index (χ0v) is 15.7. The highest BCUT2D eigenvalue weighted by Crippen LogP contribution is 2.62. The summed E-state index contributed by atoms with van der Waals surface area (Å²) in [5, 5.41) is -4.47. The van der Waals surface area contributed by atoms with Gasteiger partial charge < -0.3 is 4.52 Å². The Morgan fingerprint density at radius 2 is 1.88 bits per heavy atom. The van der Waals surface area contributed by atoms with Crippen molar-refractivity contribution >= 4 is 41.9 Å². The molecule has 0 N–H and O–H groups in total. The molecule has 26 heavy (non-hydrogen) atoms. The molecule has 0 saturated heterocycles. The number of carbonyl (C=O) groups is 2. The van der Waals surface area contributed by atoms with Gasteiger partial charge in [0.15, 0.2) is 0 Å². The predicted molar refractivity (Wildman–Crippen MR) is 79.3 cm³/mol. The van der Waals surface area contributed by atoms with Crippen molar-refractivity contribution in [2.75, 3.05) is 6.61 Å². The topological polar surface area (TPSA) is 65.1 Å². The van der Waals surface area contributed by atoms with Crippen LogP contribution in [0.15, 0.2) is 0 Å². The molecule has 1 fully saturated rings. The largest absolute Gasteiger partial charge is 0.474 e. The molecule has 0 aromatic rings. The summed E-state index contributed by atoms with van der Waals surface area (Å²) in [5.41, 5.74) is 0. The Labute approximate surface area is 153 Å². The van der Waals surface area contributed by atoms with Crippen LogP contribution in [0.5, 0.6) is 0 Å². The smallest absolute Gasteiger partial charge is 0.307 e. The molecule has 15 heteroatoms. The number of hydroxylamine groups is 2. The molecule has 2 amide bonds. The van der Waals surface area contributed by atoms with Gasteiger partial charge in [-0.15, -0.1) is 5.06 Å². The van der Waals surface area contributed by atoms with Gasteiger partial charge in [-0.1, -0.05) is 18.5 Å². The molecule has 0 aromatic carbocycles. The molecule has 6 nitrogen and oxygen atoms in total. The van der Waals surface area contributed by atoms with Gasteiger partial charge in [-0.05, 0) is 18.2 Å². The van der Waals surface area contributed by atoms with Crippen LogP contribution < -0.4 is 0 Å². The Kier molecular flexibility index (Phi) is 7.15. The van der Waals surface area contributed by atoms with Gasteiger partial charge in [0.2, 0.25) is 0 Å². The summed E-state index contributed by atoms with van der Waals surface area (Å²) in [7, 11) is 0. The van der Waals surface area contributed by atoms with E-state index in [4.69, 9.17) is 32.5 Å². The molecule has 0 spiro atoms. The first-order chi connectivity index (χ1) is 11.6. The van der Waals surface area contributed by atoms with E-state index < -0.39 is 53.3 Å². The fourth-order valence-corrected chi connectivity index (χ4v) is 4.06. The summed E-state index contributed by atoms with van der Waals surface area (Å²) in [6.07, 6.45) is -8.63. The zero-order valence-electron chi connectivity index (χ0n) is 13.2. The van der Waals surface area contributed by atoms with E-state index in [1.165, 1.54) is 0 Å². The van der Waals surface area contributed by atoms with Gasteiger partial charge in [0.25, 0.3) is 11.0 Å². The highest BCUT2D eigenvalue weighted by molar-refractivity contribution is 8.07. The van der Waals surface area contributed by atoms with Crippen molar-refractivity contribution in [3.8, 4) is 0 Å². The fourth-order valence-electron chi connectivity index (χ4n) is 1.59. The third-order valence-corrected chi connectivity index (χ3v) is 5.61. The normalized spacial score (nSPS) is 27.3. The van der Waals surface area contributed by atoms with Crippen LogP contribution in [0.2, 0.25) is 0 Å². The van der Waals surface area contributed by atoms with E-state index in [1.54, 1.807) is 6.92 Å². The van der Waals surface area contributed by atoms with Crippen molar-refractivity contribution in [1.82, 2.24) is 5.06 Å². The van der Waals surface area contributed by atoms with Crippen LogP contribution in [0.1, 0.15) is 26.7 Å². The van der Waals surface area contributed by atoms with Gasteiger partial charge in [0, 0.05) is 13.3 Å². The molecule has 1 aliphatic carbocycles. The van der Waals surface area contributed by atoms with Crippen LogP contribution in [-0.2, 0) is 35.1 Å². The van der Waals surface area contributed by atoms with Crippen molar-refractivity contribution in [1.29, 1.82) is 0 Å². The lowest BCUT2D eigenvalue weighted by molar-refractivity contribution is -0.233. The molecule has 0 aromatic heterocycles. The summed E-state index contributed by atoms with van der Waals surface area (Å²) in [6, 6.07) is 0. The first-order valence-corrected chi connectivity index (χ1v) is 9.81. The number of amides is 2. The SMILES string of the molecule is CCCOP(=S)(OC1CC(F)(F)C1(F)Cl)ON(C(C)=O)C(=O)C(F)(F)F. The first kappa shape index (κ1) is 23.6. The summed E-state index contributed by atoms with van der Waals surface area (Å²) in [6.45, 7) is -2.68. The van der Waals surface area contributed by atoms with Crippen molar-refractivity contribution in [3.63, 3.8) is 0 Å². The lowest BCUT2D eigenvalue weighted by Gasteiger charge is -2.45. The summed E-state index contributed by atoms with van der Waals surface area (Å²) in [5.74, 6) is -8.27. The van der Waals surface area contributed by atoms with Gasteiger partial charge in [-0.25, -0.2) is 13.2 Å². The van der Waals surface area contributed by atoms with Gasteiger partial charge >= 0.3 is 24.7 Å². The van der Waals surface area contributed by atoms with Crippen molar-refractivity contribution in [2.24, 2.45) is 0 Å². The Morgan fingerprint density at radius 1 is 1.35 bits per heavy atom. The number of imide groups is 1. The maximum absolute atomic E-state index is 13.8. The Balaban J connectivity index is 3.06. The average molecular weight is 452 g/mol. The second-order valence-corrected chi connectivity index (χ2v) is 8.52. The van der Waals surface area contributed by atoms with E-state index in [0.29, 0.717) is 6.92 Å². The van der Waals surface area contributed by atoms with Gasteiger partial charge in [-0.2, -0.15) is 17.8 Å². The number of nitrogens with zero attached hydrogens (tertiary/aromatic N) is 1. The maximum Gasteiger partial charge on any atom is 0.474 e. The molecule has 0 aliphatic heterocycles. The van der Waals surface area contributed by atoms with Gasteiger partial charge in [0.05, 0.1) is 6.61 Å². The number of hydrogen-bond acceptors (Lipinski definition) is 6. The number of carbonyl (C=O) groups excluding carboxylic acids is 2. The molecule has 0 heterocycles. The average Bonchev–Trinajstić information content (AvgIpc) is 2.48. The fraction of sp³-hybridized carbons (Fsp3) is 0.818. The predicted octanol–water partition coefficient (Wildman–Crippen LogP) is 3.84. The highest BCUT2D eigenvalue weighted by atomic mass is 35.5. The van der Waals surface area contributed by atoms with Crippen molar-refractivity contribution < 1.29 is 49.6 Å². The van der Waals surface area contributed by atoms with E-state index >= 15 is 0 Å². The second kappa shape index (κ2) is 7.88. The molecule has 0 radical (unpaired) electrons. The molecule has 152 valence electrons. The van der Waals surface area contributed by atoms with E-state index in [2.05, 4.69) is 4.62 Å².